The lowest BCUT2D eigenvalue weighted by atomic mass is 10.2. The molecule has 1 amide bonds. The van der Waals surface area contributed by atoms with Gasteiger partial charge in [-0.3, -0.25) is 9.78 Å². The fourth-order valence-electron chi connectivity index (χ4n) is 1.66. The van der Waals surface area contributed by atoms with Crippen LogP contribution in [-0.4, -0.2) is 22.4 Å². The number of hydrogen-bond acceptors (Lipinski definition) is 4. The molecular formula is C14H15FN4O. The van der Waals surface area contributed by atoms with Gasteiger partial charge < -0.3 is 10.6 Å². The highest BCUT2D eigenvalue weighted by Gasteiger charge is 2.08. The third-order valence-corrected chi connectivity index (χ3v) is 2.57. The number of rotatable bonds is 5. The van der Waals surface area contributed by atoms with E-state index < -0.39 is 0 Å². The molecule has 0 saturated carbocycles. The summed E-state index contributed by atoms with van der Waals surface area (Å²) in [5.74, 6) is -0.127. The van der Waals surface area contributed by atoms with Crippen LogP contribution in [0.4, 0.5) is 10.2 Å². The molecule has 104 valence electrons. The predicted octanol–water partition coefficient (Wildman–Crippen LogP) is 1.98. The van der Waals surface area contributed by atoms with Crippen LogP contribution in [0.3, 0.4) is 0 Å². The standard InChI is InChI=1S/C14H15FN4O/c1-2-17-13-9-16-8-12(19-13)14(20)18-7-10-4-3-5-11(15)6-10/h3-6,8-9H,2,7H2,1H3,(H,17,19)(H,18,20). The van der Waals surface area contributed by atoms with Crippen molar-refractivity contribution < 1.29 is 9.18 Å². The fraction of sp³-hybridized carbons (Fsp3) is 0.214. The topological polar surface area (TPSA) is 66.9 Å². The van der Waals surface area contributed by atoms with Crippen molar-refractivity contribution in [1.82, 2.24) is 15.3 Å². The average Bonchev–Trinajstić information content (AvgIpc) is 2.45. The second-order valence-electron chi connectivity index (χ2n) is 4.13. The molecule has 1 heterocycles. The average molecular weight is 274 g/mol. The Hall–Kier alpha value is -2.50. The number of carbonyl (C=O) groups excluding carboxylic acids is 1. The SMILES string of the molecule is CCNc1cncc(C(=O)NCc2cccc(F)c2)n1. The molecule has 2 rings (SSSR count). The van der Waals surface area contributed by atoms with Gasteiger partial charge in [-0.2, -0.15) is 0 Å². The van der Waals surface area contributed by atoms with Gasteiger partial charge in [-0.15, -0.1) is 0 Å². The number of amides is 1. The first kappa shape index (κ1) is 13.9. The summed E-state index contributed by atoms with van der Waals surface area (Å²) < 4.78 is 13.0. The highest BCUT2D eigenvalue weighted by Crippen LogP contribution is 2.05. The lowest BCUT2D eigenvalue weighted by Gasteiger charge is -2.06. The minimum absolute atomic E-state index is 0.222. The van der Waals surface area contributed by atoms with E-state index in [1.54, 1.807) is 18.3 Å². The van der Waals surface area contributed by atoms with E-state index in [0.29, 0.717) is 17.9 Å². The van der Waals surface area contributed by atoms with Crippen molar-refractivity contribution >= 4 is 11.7 Å². The molecule has 0 aliphatic heterocycles. The van der Waals surface area contributed by atoms with Crippen molar-refractivity contribution in [1.29, 1.82) is 0 Å². The Balaban J connectivity index is 1.99. The largest absolute Gasteiger partial charge is 0.369 e. The van der Waals surface area contributed by atoms with Gasteiger partial charge in [0.2, 0.25) is 0 Å². The summed E-state index contributed by atoms with van der Waals surface area (Å²) in [6, 6.07) is 6.07. The molecule has 0 unspecified atom stereocenters. The molecule has 0 aliphatic rings. The molecule has 0 radical (unpaired) electrons. The number of halogens is 1. The van der Waals surface area contributed by atoms with Crippen LogP contribution in [0, 0.1) is 5.82 Å². The summed E-state index contributed by atoms with van der Waals surface area (Å²) in [7, 11) is 0. The maximum Gasteiger partial charge on any atom is 0.271 e. The molecular weight excluding hydrogens is 259 g/mol. The zero-order chi connectivity index (χ0) is 14.4. The first-order valence-corrected chi connectivity index (χ1v) is 6.27. The van der Waals surface area contributed by atoms with E-state index in [1.165, 1.54) is 18.3 Å². The van der Waals surface area contributed by atoms with Crippen molar-refractivity contribution in [2.24, 2.45) is 0 Å². The Morgan fingerprint density at radius 3 is 2.95 bits per heavy atom. The minimum Gasteiger partial charge on any atom is -0.369 e. The van der Waals surface area contributed by atoms with Crippen molar-refractivity contribution in [3.05, 3.63) is 53.7 Å². The molecule has 6 heteroatoms. The summed E-state index contributed by atoms with van der Waals surface area (Å²) in [4.78, 5) is 20.0. The van der Waals surface area contributed by atoms with E-state index in [2.05, 4.69) is 20.6 Å². The van der Waals surface area contributed by atoms with Crippen LogP contribution < -0.4 is 10.6 Å². The summed E-state index contributed by atoms with van der Waals surface area (Å²) >= 11 is 0. The van der Waals surface area contributed by atoms with E-state index in [1.807, 2.05) is 6.92 Å². The van der Waals surface area contributed by atoms with Gasteiger partial charge in [-0.1, -0.05) is 12.1 Å². The summed E-state index contributed by atoms with van der Waals surface area (Å²) in [6.45, 7) is 2.87. The van der Waals surface area contributed by atoms with Crippen LogP contribution >= 0.6 is 0 Å². The lowest BCUT2D eigenvalue weighted by Crippen LogP contribution is -2.24. The maximum atomic E-state index is 13.0. The molecule has 0 atom stereocenters. The monoisotopic (exact) mass is 274 g/mol. The molecule has 0 bridgehead atoms. The van der Waals surface area contributed by atoms with Crippen molar-refractivity contribution in [2.75, 3.05) is 11.9 Å². The molecule has 1 aromatic carbocycles. The van der Waals surface area contributed by atoms with Gasteiger partial charge in [0.1, 0.15) is 17.3 Å². The van der Waals surface area contributed by atoms with E-state index >= 15 is 0 Å². The summed E-state index contributed by atoms with van der Waals surface area (Å²) in [5, 5.41) is 5.66. The normalized spacial score (nSPS) is 10.1. The van der Waals surface area contributed by atoms with Gasteiger partial charge in [0.15, 0.2) is 0 Å². The molecule has 1 aromatic heterocycles. The first-order valence-electron chi connectivity index (χ1n) is 6.27. The molecule has 2 aromatic rings. The lowest BCUT2D eigenvalue weighted by molar-refractivity contribution is 0.0945. The number of benzene rings is 1. The Labute approximate surface area is 116 Å². The van der Waals surface area contributed by atoms with Crippen molar-refractivity contribution in [3.63, 3.8) is 0 Å². The van der Waals surface area contributed by atoms with Gasteiger partial charge in [0, 0.05) is 13.1 Å². The van der Waals surface area contributed by atoms with E-state index in [-0.39, 0.29) is 24.0 Å². The second-order valence-corrected chi connectivity index (χ2v) is 4.13. The van der Waals surface area contributed by atoms with Crippen LogP contribution in [0.1, 0.15) is 23.0 Å². The minimum atomic E-state index is -0.346. The summed E-state index contributed by atoms with van der Waals surface area (Å²) in [5.41, 5.74) is 0.911. The van der Waals surface area contributed by atoms with Crippen LogP contribution in [0.15, 0.2) is 36.7 Å². The molecule has 0 spiro atoms. The van der Waals surface area contributed by atoms with Gasteiger partial charge in [-0.05, 0) is 24.6 Å². The van der Waals surface area contributed by atoms with E-state index in [9.17, 15) is 9.18 Å². The number of nitrogens with one attached hydrogen (secondary N) is 2. The quantitative estimate of drug-likeness (QED) is 0.875. The van der Waals surface area contributed by atoms with Gasteiger partial charge >= 0.3 is 0 Å². The molecule has 0 aliphatic carbocycles. The number of aromatic nitrogens is 2. The summed E-state index contributed by atoms with van der Waals surface area (Å²) in [6.07, 6.45) is 2.94. The van der Waals surface area contributed by atoms with E-state index in [4.69, 9.17) is 0 Å². The van der Waals surface area contributed by atoms with Gasteiger partial charge in [-0.25, -0.2) is 9.37 Å². The fourth-order valence-corrected chi connectivity index (χ4v) is 1.66. The Morgan fingerprint density at radius 1 is 1.35 bits per heavy atom. The maximum absolute atomic E-state index is 13.0. The van der Waals surface area contributed by atoms with Crippen LogP contribution in [-0.2, 0) is 6.54 Å². The molecule has 0 fully saturated rings. The van der Waals surface area contributed by atoms with Crippen LogP contribution in [0.25, 0.3) is 0 Å². The van der Waals surface area contributed by atoms with E-state index in [0.717, 1.165) is 0 Å². The number of anilines is 1. The number of nitrogens with zero attached hydrogens (tertiary/aromatic N) is 2. The predicted molar refractivity (Wildman–Crippen MR) is 73.8 cm³/mol. The molecule has 0 saturated heterocycles. The third kappa shape index (κ3) is 3.74. The Kier molecular flexibility index (Phi) is 4.60. The molecule has 2 N–H and O–H groups in total. The van der Waals surface area contributed by atoms with Gasteiger partial charge in [0.25, 0.3) is 5.91 Å². The highest BCUT2D eigenvalue weighted by atomic mass is 19.1. The first-order chi connectivity index (χ1) is 9.69. The number of hydrogen-bond donors (Lipinski definition) is 2. The van der Waals surface area contributed by atoms with Crippen molar-refractivity contribution in [3.8, 4) is 0 Å². The zero-order valence-corrected chi connectivity index (χ0v) is 11.1. The third-order valence-electron chi connectivity index (χ3n) is 2.57. The Morgan fingerprint density at radius 2 is 2.20 bits per heavy atom. The second kappa shape index (κ2) is 6.60. The van der Waals surface area contributed by atoms with Crippen LogP contribution in [0.2, 0.25) is 0 Å². The van der Waals surface area contributed by atoms with Crippen molar-refractivity contribution in [2.45, 2.75) is 13.5 Å². The Bertz CT molecular complexity index is 603. The number of carbonyl (C=O) groups is 1. The highest BCUT2D eigenvalue weighted by molar-refractivity contribution is 5.92. The smallest absolute Gasteiger partial charge is 0.271 e. The van der Waals surface area contributed by atoms with Gasteiger partial charge in [0.05, 0.1) is 12.4 Å². The zero-order valence-electron chi connectivity index (χ0n) is 11.1. The van der Waals surface area contributed by atoms with Crippen LogP contribution in [0.5, 0.6) is 0 Å². The molecule has 5 nitrogen and oxygen atoms in total. The molecule has 20 heavy (non-hydrogen) atoms.